The highest BCUT2D eigenvalue weighted by Gasteiger charge is 2.01. The highest BCUT2D eigenvalue weighted by Crippen LogP contribution is 2.02. The normalized spacial score (nSPS) is 10.5. The summed E-state index contributed by atoms with van der Waals surface area (Å²) < 4.78 is 0. The predicted molar refractivity (Wildman–Crippen MR) is 56.1 cm³/mol. The Morgan fingerprint density at radius 1 is 1.50 bits per heavy atom. The Kier molecular flexibility index (Phi) is 3.40. The molecule has 1 rings (SSSR count). The van der Waals surface area contributed by atoms with Crippen LogP contribution >= 0.6 is 0 Å². The number of aryl methyl sites for hydroxylation is 1. The zero-order valence-corrected chi connectivity index (χ0v) is 8.69. The maximum Gasteiger partial charge on any atom is 0.187 e. The van der Waals surface area contributed by atoms with Gasteiger partial charge in [-0.15, -0.1) is 0 Å². The molecule has 1 aromatic rings. The molecule has 0 saturated heterocycles. The Morgan fingerprint density at radius 2 is 2.21 bits per heavy atom. The SMILES string of the molecule is Cc1cc(C(=O)/C=C\N(C)C)ccn1. The van der Waals surface area contributed by atoms with Crippen molar-refractivity contribution < 1.29 is 4.79 Å². The highest BCUT2D eigenvalue weighted by atomic mass is 16.1. The molecule has 0 N–H and O–H groups in total. The van der Waals surface area contributed by atoms with Crippen molar-refractivity contribution in [1.29, 1.82) is 0 Å². The van der Waals surface area contributed by atoms with Crippen molar-refractivity contribution >= 4 is 5.78 Å². The van der Waals surface area contributed by atoms with Crippen LogP contribution in [-0.2, 0) is 0 Å². The first-order valence-electron chi connectivity index (χ1n) is 4.41. The van der Waals surface area contributed by atoms with Gasteiger partial charge in [-0.1, -0.05) is 0 Å². The van der Waals surface area contributed by atoms with Gasteiger partial charge in [0.15, 0.2) is 5.78 Å². The molecule has 0 aromatic carbocycles. The molecule has 0 unspecified atom stereocenters. The quantitative estimate of drug-likeness (QED) is 0.536. The van der Waals surface area contributed by atoms with E-state index < -0.39 is 0 Å². The van der Waals surface area contributed by atoms with Crippen LogP contribution < -0.4 is 0 Å². The number of carbonyl (C=O) groups excluding carboxylic acids is 1. The van der Waals surface area contributed by atoms with Crippen LogP contribution in [0.4, 0.5) is 0 Å². The molecule has 14 heavy (non-hydrogen) atoms. The summed E-state index contributed by atoms with van der Waals surface area (Å²) in [7, 11) is 3.75. The number of pyridine rings is 1. The van der Waals surface area contributed by atoms with E-state index in [1.807, 2.05) is 25.9 Å². The Labute approximate surface area is 84.1 Å². The summed E-state index contributed by atoms with van der Waals surface area (Å²) in [5.41, 5.74) is 1.53. The summed E-state index contributed by atoms with van der Waals surface area (Å²) in [6.07, 6.45) is 4.93. The lowest BCUT2D eigenvalue weighted by Gasteiger charge is -2.02. The largest absolute Gasteiger partial charge is 0.383 e. The van der Waals surface area contributed by atoms with Crippen molar-refractivity contribution in [1.82, 2.24) is 9.88 Å². The fraction of sp³-hybridized carbons (Fsp3) is 0.273. The van der Waals surface area contributed by atoms with Crippen molar-refractivity contribution in [2.75, 3.05) is 14.1 Å². The topological polar surface area (TPSA) is 33.2 Å². The minimum Gasteiger partial charge on any atom is -0.383 e. The minimum absolute atomic E-state index is 0.00389. The number of allylic oxidation sites excluding steroid dienone is 1. The molecule has 0 amide bonds. The van der Waals surface area contributed by atoms with E-state index in [1.165, 1.54) is 0 Å². The molecule has 0 aliphatic heterocycles. The highest BCUT2D eigenvalue weighted by molar-refractivity contribution is 6.04. The monoisotopic (exact) mass is 190 g/mol. The summed E-state index contributed by atoms with van der Waals surface area (Å²) in [5, 5.41) is 0. The third kappa shape index (κ3) is 3.01. The number of aromatic nitrogens is 1. The van der Waals surface area contributed by atoms with E-state index in [-0.39, 0.29) is 5.78 Å². The molecular formula is C11H14N2O. The Bertz CT molecular complexity index is 356. The second-order valence-corrected chi connectivity index (χ2v) is 3.33. The van der Waals surface area contributed by atoms with Crippen LogP contribution in [0.5, 0.6) is 0 Å². The van der Waals surface area contributed by atoms with E-state index in [2.05, 4.69) is 4.98 Å². The molecule has 1 aromatic heterocycles. The molecular weight excluding hydrogens is 176 g/mol. The summed E-state index contributed by atoms with van der Waals surface area (Å²) in [5.74, 6) is 0.00389. The van der Waals surface area contributed by atoms with E-state index in [9.17, 15) is 4.79 Å². The van der Waals surface area contributed by atoms with Crippen LogP contribution in [0.1, 0.15) is 16.1 Å². The van der Waals surface area contributed by atoms with Gasteiger partial charge in [0, 0.05) is 43.8 Å². The molecule has 0 atom stereocenters. The van der Waals surface area contributed by atoms with Crippen LogP contribution in [0.25, 0.3) is 0 Å². The van der Waals surface area contributed by atoms with E-state index >= 15 is 0 Å². The zero-order chi connectivity index (χ0) is 10.6. The van der Waals surface area contributed by atoms with Gasteiger partial charge < -0.3 is 4.90 Å². The van der Waals surface area contributed by atoms with E-state index in [1.54, 1.807) is 30.6 Å². The molecule has 3 heteroatoms. The maximum absolute atomic E-state index is 11.6. The number of hydrogen-bond acceptors (Lipinski definition) is 3. The first-order chi connectivity index (χ1) is 6.59. The van der Waals surface area contributed by atoms with E-state index in [0.29, 0.717) is 5.56 Å². The first-order valence-corrected chi connectivity index (χ1v) is 4.41. The molecule has 0 fully saturated rings. The number of rotatable bonds is 3. The summed E-state index contributed by atoms with van der Waals surface area (Å²) in [6, 6.07) is 3.50. The minimum atomic E-state index is 0.00389. The first kappa shape index (κ1) is 10.4. The van der Waals surface area contributed by atoms with E-state index in [4.69, 9.17) is 0 Å². The van der Waals surface area contributed by atoms with Crippen molar-refractivity contribution in [3.05, 3.63) is 41.9 Å². The van der Waals surface area contributed by atoms with Crippen LogP contribution in [-0.4, -0.2) is 29.8 Å². The molecule has 1 heterocycles. The second-order valence-electron chi connectivity index (χ2n) is 3.33. The van der Waals surface area contributed by atoms with Crippen LogP contribution in [0, 0.1) is 6.92 Å². The number of carbonyl (C=O) groups is 1. The molecule has 0 spiro atoms. The zero-order valence-electron chi connectivity index (χ0n) is 8.69. The van der Waals surface area contributed by atoms with Gasteiger partial charge in [0.25, 0.3) is 0 Å². The van der Waals surface area contributed by atoms with E-state index in [0.717, 1.165) is 5.69 Å². The van der Waals surface area contributed by atoms with Gasteiger partial charge in [0.05, 0.1) is 0 Å². The van der Waals surface area contributed by atoms with Gasteiger partial charge in [0.2, 0.25) is 0 Å². The summed E-state index contributed by atoms with van der Waals surface area (Å²) in [4.78, 5) is 17.4. The lowest BCUT2D eigenvalue weighted by Crippen LogP contribution is -2.03. The van der Waals surface area contributed by atoms with Gasteiger partial charge >= 0.3 is 0 Å². The number of nitrogens with zero attached hydrogens (tertiary/aromatic N) is 2. The average molecular weight is 190 g/mol. The third-order valence-corrected chi connectivity index (χ3v) is 1.71. The Balaban J connectivity index is 2.80. The molecule has 0 aliphatic carbocycles. The van der Waals surface area contributed by atoms with Gasteiger partial charge in [-0.3, -0.25) is 9.78 Å². The van der Waals surface area contributed by atoms with Crippen molar-refractivity contribution in [3.63, 3.8) is 0 Å². The third-order valence-electron chi connectivity index (χ3n) is 1.71. The van der Waals surface area contributed by atoms with Gasteiger partial charge in [-0.2, -0.15) is 0 Å². The summed E-state index contributed by atoms with van der Waals surface area (Å²) >= 11 is 0. The number of hydrogen-bond donors (Lipinski definition) is 0. The van der Waals surface area contributed by atoms with Gasteiger partial charge in [-0.25, -0.2) is 0 Å². The van der Waals surface area contributed by atoms with Crippen molar-refractivity contribution in [2.45, 2.75) is 6.92 Å². The van der Waals surface area contributed by atoms with Crippen LogP contribution in [0.15, 0.2) is 30.6 Å². The Hall–Kier alpha value is -1.64. The molecule has 0 radical (unpaired) electrons. The molecule has 0 saturated carbocycles. The molecule has 74 valence electrons. The second kappa shape index (κ2) is 4.56. The van der Waals surface area contributed by atoms with Crippen LogP contribution in [0.3, 0.4) is 0 Å². The van der Waals surface area contributed by atoms with Gasteiger partial charge in [0.1, 0.15) is 0 Å². The molecule has 3 nitrogen and oxygen atoms in total. The molecule has 0 aliphatic rings. The van der Waals surface area contributed by atoms with Crippen molar-refractivity contribution in [2.24, 2.45) is 0 Å². The van der Waals surface area contributed by atoms with Gasteiger partial charge in [-0.05, 0) is 19.1 Å². The predicted octanol–water partition coefficient (Wildman–Crippen LogP) is 1.65. The smallest absolute Gasteiger partial charge is 0.187 e. The number of ketones is 1. The van der Waals surface area contributed by atoms with Crippen LogP contribution in [0.2, 0.25) is 0 Å². The standard InChI is InChI=1S/C11H14N2O/c1-9-8-10(4-6-12-9)11(14)5-7-13(2)3/h4-8H,1-3H3/b7-5-. The summed E-state index contributed by atoms with van der Waals surface area (Å²) in [6.45, 7) is 1.87. The Morgan fingerprint density at radius 3 is 2.79 bits per heavy atom. The fourth-order valence-corrected chi connectivity index (χ4v) is 1.01. The lowest BCUT2D eigenvalue weighted by atomic mass is 10.1. The lowest BCUT2D eigenvalue weighted by molar-refractivity contribution is 0.104. The van der Waals surface area contributed by atoms with Crippen molar-refractivity contribution in [3.8, 4) is 0 Å². The fourth-order valence-electron chi connectivity index (χ4n) is 1.01. The average Bonchev–Trinajstić information content (AvgIpc) is 2.14. The molecule has 0 bridgehead atoms. The maximum atomic E-state index is 11.6.